The Balaban J connectivity index is 2.30. The number of aromatic nitrogens is 1. The van der Waals surface area contributed by atoms with Crippen LogP contribution in [0.5, 0.6) is 5.75 Å². The molecule has 2 aromatic heterocycles. The van der Waals surface area contributed by atoms with Crippen LogP contribution in [0.3, 0.4) is 0 Å². The fourth-order valence-electron chi connectivity index (χ4n) is 2.03. The molecule has 0 saturated carbocycles. The molecule has 0 amide bonds. The molecule has 0 fully saturated rings. The number of thiophene rings is 1. The van der Waals surface area contributed by atoms with Gasteiger partial charge in [0.15, 0.2) is 5.75 Å². The average molecular weight is 259 g/mol. The molecule has 3 aromatic rings. The highest BCUT2D eigenvalue weighted by Crippen LogP contribution is 2.39. The first-order valence-electron chi connectivity index (χ1n) is 5.48. The van der Waals surface area contributed by atoms with Crippen molar-refractivity contribution in [2.24, 2.45) is 0 Å². The highest BCUT2D eigenvalue weighted by Gasteiger charge is 2.12. The van der Waals surface area contributed by atoms with Crippen LogP contribution < -0.4 is 0 Å². The lowest BCUT2D eigenvalue weighted by Gasteiger charge is -2.03. The molecule has 0 aliphatic heterocycles. The van der Waals surface area contributed by atoms with E-state index in [0.29, 0.717) is 0 Å². The van der Waals surface area contributed by atoms with Crippen molar-refractivity contribution in [2.45, 2.75) is 6.92 Å². The Morgan fingerprint density at radius 2 is 1.94 bits per heavy atom. The molecule has 0 atom stereocenters. The second-order valence-corrected chi connectivity index (χ2v) is 4.97. The minimum atomic E-state index is -0.254. The van der Waals surface area contributed by atoms with Gasteiger partial charge in [-0.25, -0.2) is 4.39 Å². The van der Waals surface area contributed by atoms with Crippen LogP contribution in [0.15, 0.2) is 35.8 Å². The van der Waals surface area contributed by atoms with Crippen LogP contribution in [0.25, 0.3) is 21.2 Å². The SMILES string of the molecule is Cc1ncc(O)c2scc(-c3ccc(F)cc3)c12. The Morgan fingerprint density at radius 3 is 2.67 bits per heavy atom. The smallest absolute Gasteiger partial charge is 0.151 e. The van der Waals surface area contributed by atoms with Crippen molar-refractivity contribution in [2.75, 3.05) is 0 Å². The predicted molar refractivity (Wildman–Crippen MR) is 71.4 cm³/mol. The normalized spacial score (nSPS) is 11.0. The number of halogens is 1. The van der Waals surface area contributed by atoms with Crippen molar-refractivity contribution in [3.05, 3.63) is 47.4 Å². The minimum absolute atomic E-state index is 0.189. The Morgan fingerprint density at radius 1 is 1.22 bits per heavy atom. The maximum absolute atomic E-state index is 12.9. The van der Waals surface area contributed by atoms with E-state index < -0.39 is 0 Å². The molecule has 90 valence electrons. The van der Waals surface area contributed by atoms with Crippen LogP contribution in [0.4, 0.5) is 4.39 Å². The molecule has 2 heterocycles. The summed E-state index contributed by atoms with van der Waals surface area (Å²) in [4.78, 5) is 4.17. The summed E-state index contributed by atoms with van der Waals surface area (Å²) < 4.78 is 13.8. The lowest BCUT2D eigenvalue weighted by molar-refractivity contribution is 0.480. The lowest BCUT2D eigenvalue weighted by Crippen LogP contribution is -1.84. The van der Waals surface area contributed by atoms with Gasteiger partial charge >= 0.3 is 0 Å². The molecule has 0 aliphatic carbocycles. The Kier molecular flexibility index (Phi) is 2.52. The summed E-state index contributed by atoms with van der Waals surface area (Å²) in [6.45, 7) is 1.90. The van der Waals surface area contributed by atoms with E-state index >= 15 is 0 Å². The fourth-order valence-corrected chi connectivity index (χ4v) is 3.07. The van der Waals surface area contributed by atoms with Crippen molar-refractivity contribution in [3.8, 4) is 16.9 Å². The second-order valence-electron chi connectivity index (χ2n) is 4.09. The van der Waals surface area contributed by atoms with Crippen molar-refractivity contribution in [3.63, 3.8) is 0 Å². The molecule has 0 unspecified atom stereocenters. The van der Waals surface area contributed by atoms with E-state index in [4.69, 9.17) is 0 Å². The molecule has 2 nitrogen and oxygen atoms in total. The third-order valence-electron chi connectivity index (χ3n) is 2.92. The van der Waals surface area contributed by atoms with Gasteiger partial charge in [0, 0.05) is 22.0 Å². The summed E-state index contributed by atoms with van der Waals surface area (Å²) in [5.74, 6) is -0.0649. The molecular weight excluding hydrogens is 249 g/mol. The van der Waals surface area contributed by atoms with Crippen molar-refractivity contribution < 1.29 is 9.50 Å². The number of benzene rings is 1. The summed E-state index contributed by atoms with van der Waals surface area (Å²) in [7, 11) is 0. The van der Waals surface area contributed by atoms with Crippen molar-refractivity contribution >= 4 is 21.4 Å². The van der Waals surface area contributed by atoms with E-state index in [1.54, 1.807) is 12.1 Å². The molecule has 3 rings (SSSR count). The highest BCUT2D eigenvalue weighted by atomic mass is 32.1. The van der Waals surface area contributed by atoms with Gasteiger partial charge in [0.05, 0.1) is 10.9 Å². The fraction of sp³-hybridized carbons (Fsp3) is 0.0714. The number of pyridine rings is 1. The Hall–Kier alpha value is -1.94. The largest absolute Gasteiger partial charge is 0.505 e. The summed E-state index contributed by atoms with van der Waals surface area (Å²) in [6, 6.07) is 6.34. The number of aromatic hydroxyl groups is 1. The van der Waals surface area contributed by atoms with Gasteiger partial charge in [0.25, 0.3) is 0 Å². The van der Waals surface area contributed by atoms with E-state index in [0.717, 1.165) is 26.9 Å². The molecule has 0 spiro atoms. The van der Waals surface area contributed by atoms with Crippen LogP contribution in [-0.4, -0.2) is 10.1 Å². The monoisotopic (exact) mass is 259 g/mol. The molecule has 1 aromatic carbocycles. The Labute approximate surface area is 107 Å². The van der Waals surface area contributed by atoms with Crippen LogP contribution in [0, 0.1) is 12.7 Å². The second kappa shape index (κ2) is 4.07. The summed E-state index contributed by atoms with van der Waals surface area (Å²) in [5, 5.41) is 12.7. The van der Waals surface area contributed by atoms with E-state index in [2.05, 4.69) is 4.98 Å². The van der Waals surface area contributed by atoms with Crippen LogP contribution >= 0.6 is 11.3 Å². The molecule has 0 radical (unpaired) electrons. The number of hydrogen-bond donors (Lipinski definition) is 1. The third kappa shape index (κ3) is 1.66. The quantitative estimate of drug-likeness (QED) is 0.713. The number of nitrogens with zero attached hydrogens (tertiary/aromatic N) is 1. The summed E-state index contributed by atoms with van der Waals surface area (Å²) >= 11 is 1.47. The standard InChI is InChI=1S/C14H10FNOS/c1-8-13-11(9-2-4-10(15)5-3-9)7-18-14(13)12(17)6-16-8/h2-7,17H,1H3. The number of rotatable bonds is 1. The van der Waals surface area contributed by atoms with Gasteiger partial charge in [-0.1, -0.05) is 12.1 Å². The Bertz CT molecular complexity index is 718. The topological polar surface area (TPSA) is 33.1 Å². The van der Waals surface area contributed by atoms with Gasteiger partial charge in [-0.05, 0) is 24.6 Å². The van der Waals surface area contributed by atoms with Crippen LogP contribution in [-0.2, 0) is 0 Å². The zero-order chi connectivity index (χ0) is 12.7. The molecule has 1 N–H and O–H groups in total. The number of fused-ring (bicyclic) bond motifs is 1. The van der Waals surface area contributed by atoms with Gasteiger partial charge in [-0.2, -0.15) is 0 Å². The predicted octanol–water partition coefficient (Wildman–Crippen LogP) is 4.12. The van der Waals surface area contributed by atoms with E-state index in [9.17, 15) is 9.50 Å². The number of aryl methyl sites for hydroxylation is 1. The van der Waals surface area contributed by atoms with E-state index in [1.807, 2.05) is 12.3 Å². The minimum Gasteiger partial charge on any atom is -0.505 e. The lowest BCUT2D eigenvalue weighted by atomic mass is 10.0. The van der Waals surface area contributed by atoms with Crippen LogP contribution in [0.2, 0.25) is 0 Å². The van der Waals surface area contributed by atoms with Gasteiger partial charge in [-0.3, -0.25) is 4.98 Å². The maximum atomic E-state index is 12.9. The first kappa shape index (κ1) is 11.2. The molecule has 0 aliphatic rings. The molecule has 18 heavy (non-hydrogen) atoms. The van der Waals surface area contributed by atoms with E-state index in [1.165, 1.54) is 29.7 Å². The van der Waals surface area contributed by atoms with E-state index in [-0.39, 0.29) is 11.6 Å². The third-order valence-corrected chi connectivity index (χ3v) is 3.92. The summed E-state index contributed by atoms with van der Waals surface area (Å²) in [6.07, 6.45) is 1.46. The number of hydrogen-bond acceptors (Lipinski definition) is 3. The molecular formula is C14H10FNOS. The van der Waals surface area contributed by atoms with Crippen molar-refractivity contribution in [1.29, 1.82) is 0 Å². The van der Waals surface area contributed by atoms with Gasteiger partial charge in [0.1, 0.15) is 5.82 Å². The molecule has 4 heteroatoms. The van der Waals surface area contributed by atoms with Gasteiger partial charge in [-0.15, -0.1) is 11.3 Å². The first-order valence-corrected chi connectivity index (χ1v) is 6.36. The molecule has 0 bridgehead atoms. The zero-order valence-corrected chi connectivity index (χ0v) is 10.5. The average Bonchev–Trinajstić information content (AvgIpc) is 2.81. The van der Waals surface area contributed by atoms with Crippen LogP contribution in [0.1, 0.15) is 5.69 Å². The van der Waals surface area contributed by atoms with Gasteiger partial charge in [0.2, 0.25) is 0 Å². The maximum Gasteiger partial charge on any atom is 0.151 e. The van der Waals surface area contributed by atoms with Crippen molar-refractivity contribution in [1.82, 2.24) is 4.98 Å². The highest BCUT2D eigenvalue weighted by molar-refractivity contribution is 7.18. The molecule has 0 saturated heterocycles. The first-order chi connectivity index (χ1) is 8.66. The summed E-state index contributed by atoms with van der Waals surface area (Å²) in [5.41, 5.74) is 2.78. The van der Waals surface area contributed by atoms with Gasteiger partial charge < -0.3 is 5.11 Å². The zero-order valence-electron chi connectivity index (χ0n) is 9.64.